The summed E-state index contributed by atoms with van der Waals surface area (Å²) in [7, 11) is 0. The molecule has 3 aromatic rings. The maximum Gasteiger partial charge on any atom is 0.338 e. The molecule has 1 saturated carbocycles. The summed E-state index contributed by atoms with van der Waals surface area (Å²) in [5, 5.41) is 5.23. The predicted octanol–water partition coefficient (Wildman–Crippen LogP) is 4.25. The molecule has 150 valence electrons. The number of hydrogen-bond donors (Lipinski definition) is 1. The fourth-order valence-corrected chi connectivity index (χ4v) is 3.56. The molecule has 0 atom stereocenters. The van der Waals surface area contributed by atoms with E-state index in [9.17, 15) is 9.18 Å². The summed E-state index contributed by atoms with van der Waals surface area (Å²) in [6, 6.07) is 12.4. The highest BCUT2D eigenvalue weighted by Gasteiger charge is 2.30. The number of nitrogens with one attached hydrogen (secondary N) is 1. The van der Waals surface area contributed by atoms with Gasteiger partial charge in [-0.3, -0.25) is 4.98 Å². The van der Waals surface area contributed by atoms with E-state index in [1.165, 1.54) is 6.07 Å². The number of aromatic nitrogens is 1. The van der Waals surface area contributed by atoms with Crippen LogP contribution in [0.3, 0.4) is 0 Å². The number of hydrogen-bond acceptors (Lipinski definition) is 5. The Labute approximate surface area is 168 Å². The van der Waals surface area contributed by atoms with Crippen molar-refractivity contribution in [3.63, 3.8) is 0 Å². The first-order valence-corrected chi connectivity index (χ1v) is 9.82. The maximum atomic E-state index is 14.3. The molecule has 1 aliphatic carbocycles. The largest absolute Gasteiger partial charge is 0.490 e. The van der Waals surface area contributed by atoms with Gasteiger partial charge in [-0.15, -0.1) is 0 Å². The second-order valence-corrected chi connectivity index (χ2v) is 7.16. The minimum atomic E-state index is -0.349. The minimum Gasteiger partial charge on any atom is -0.490 e. The Hall–Kier alpha value is -2.99. The van der Waals surface area contributed by atoms with Crippen molar-refractivity contribution in [1.29, 1.82) is 0 Å². The maximum absolute atomic E-state index is 14.3. The molecule has 4 rings (SSSR count). The van der Waals surface area contributed by atoms with Crippen LogP contribution in [0.15, 0.2) is 54.9 Å². The van der Waals surface area contributed by atoms with Crippen molar-refractivity contribution in [2.24, 2.45) is 0 Å². The van der Waals surface area contributed by atoms with E-state index in [1.807, 2.05) is 12.1 Å². The van der Waals surface area contributed by atoms with Crippen molar-refractivity contribution in [3.05, 3.63) is 71.8 Å². The second-order valence-electron chi connectivity index (χ2n) is 7.16. The third-order valence-electron chi connectivity index (χ3n) is 5.18. The van der Waals surface area contributed by atoms with Crippen LogP contribution in [-0.4, -0.2) is 29.7 Å². The molecule has 0 amide bonds. The van der Waals surface area contributed by atoms with Gasteiger partial charge in [-0.25, -0.2) is 9.18 Å². The number of carbonyl (C=O) groups is 1. The lowest BCUT2D eigenvalue weighted by molar-refractivity contribution is 0.0523. The van der Waals surface area contributed by atoms with Crippen molar-refractivity contribution in [2.75, 3.05) is 6.61 Å². The van der Waals surface area contributed by atoms with Gasteiger partial charge in [0.1, 0.15) is 17.7 Å². The van der Waals surface area contributed by atoms with Crippen LogP contribution in [0, 0.1) is 5.82 Å². The van der Waals surface area contributed by atoms with Gasteiger partial charge in [0.2, 0.25) is 0 Å². The van der Waals surface area contributed by atoms with Gasteiger partial charge >= 0.3 is 5.97 Å². The smallest absolute Gasteiger partial charge is 0.338 e. The molecule has 0 saturated heterocycles. The van der Waals surface area contributed by atoms with Gasteiger partial charge in [-0.1, -0.05) is 6.07 Å². The fourth-order valence-electron chi connectivity index (χ4n) is 3.56. The molecule has 0 spiro atoms. The minimum absolute atomic E-state index is 0.0755. The molecule has 1 N–H and O–H groups in total. The number of benzene rings is 2. The number of pyridine rings is 1. The molecule has 29 heavy (non-hydrogen) atoms. The van der Waals surface area contributed by atoms with Crippen LogP contribution in [-0.2, 0) is 11.3 Å². The number of rotatable bonds is 7. The summed E-state index contributed by atoms with van der Waals surface area (Å²) in [6.07, 6.45) is 5.17. The van der Waals surface area contributed by atoms with Crippen molar-refractivity contribution in [1.82, 2.24) is 10.3 Å². The quantitative estimate of drug-likeness (QED) is 0.607. The first-order chi connectivity index (χ1) is 14.1. The van der Waals surface area contributed by atoms with E-state index < -0.39 is 0 Å². The van der Waals surface area contributed by atoms with Crippen LogP contribution in [0.4, 0.5) is 4.39 Å². The van der Waals surface area contributed by atoms with Crippen molar-refractivity contribution in [2.45, 2.75) is 38.5 Å². The van der Waals surface area contributed by atoms with Crippen molar-refractivity contribution < 1.29 is 18.7 Å². The standard InChI is InChI=1S/C23H23FN2O3/c1-2-28-23(27)15-4-3-5-18(10-15)29-19-11-17(12-19)26-14-21-20-8-9-25-13-16(20)6-7-22(21)24/h3-10,13,17,19,26H,2,11-12,14H2,1H3. The highest BCUT2D eigenvalue weighted by atomic mass is 19.1. The van der Waals surface area contributed by atoms with Crippen LogP contribution >= 0.6 is 0 Å². The Balaban J connectivity index is 1.31. The lowest BCUT2D eigenvalue weighted by atomic mass is 9.89. The molecule has 0 unspecified atom stereocenters. The molecule has 0 bridgehead atoms. The van der Waals surface area contributed by atoms with Gasteiger partial charge in [0, 0.05) is 35.9 Å². The highest BCUT2D eigenvalue weighted by Crippen LogP contribution is 2.28. The molecular formula is C23H23FN2O3. The zero-order valence-corrected chi connectivity index (χ0v) is 16.2. The summed E-state index contributed by atoms with van der Waals surface area (Å²) in [5.41, 5.74) is 1.15. The van der Waals surface area contributed by atoms with Gasteiger partial charge < -0.3 is 14.8 Å². The molecule has 1 heterocycles. The number of nitrogens with zero attached hydrogens (tertiary/aromatic N) is 1. The molecule has 0 radical (unpaired) electrons. The van der Waals surface area contributed by atoms with Gasteiger partial charge in [-0.2, -0.15) is 0 Å². The Morgan fingerprint density at radius 3 is 2.93 bits per heavy atom. The van der Waals surface area contributed by atoms with Crippen LogP contribution in [0.1, 0.15) is 35.7 Å². The first-order valence-electron chi connectivity index (χ1n) is 9.82. The van der Waals surface area contributed by atoms with Gasteiger partial charge in [0.15, 0.2) is 0 Å². The molecule has 1 aliphatic rings. The average molecular weight is 394 g/mol. The highest BCUT2D eigenvalue weighted by molar-refractivity contribution is 5.89. The predicted molar refractivity (Wildman–Crippen MR) is 108 cm³/mol. The van der Waals surface area contributed by atoms with E-state index in [0.717, 1.165) is 23.6 Å². The summed E-state index contributed by atoms with van der Waals surface area (Å²) in [6.45, 7) is 2.58. The molecule has 1 aromatic heterocycles. The van der Waals surface area contributed by atoms with E-state index in [-0.39, 0.29) is 23.9 Å². The van der Waals surface area contributed by atoms with Crippen LogP contribution < -0.4 is 10.1 Å². The van der Waals surface area contributed by atoms with Gasteiger partial charge in [0.25, 0.3) is 0 Å². The lowest BCUT2D eigenvalue weighted by Crippen LogP contribution is -2.46. The fraction of sp³-hybridized carbons (Fsp3) is 0.304. The lowest BCUT2D eigenvalue weighted by Gasteiger charge is -2.36. The monoisotopic (exact) mass is 394 g/mol. The van der Waals surface area contributed by atoms with E-state index in [1.54, 1.807) is 43.6 Å². The molecule has 2 aromatic carbocycles. The van der Waals surface area contributed by atoms with E-state index in [4.69, 9.17) is 9.47 Å². The third kappa shape index (κ3) is 4.38. The van der Waals surface area contributed by atoms with E-state index in [2.05, 4.69) is 10.3 Å². The van der Waals surface area contributed by atoms with Gasteiger partial charge in [0.05, 0.1) is 12.2 Å². The molecule has 6 heteroatoms. The first kappa shape index (κ1) is 19.3. The van der Waals surface area contributed by atoms with E-state index >= 15 is 0 Å². The molecule has 1 fully saturated rings. The Bertz CT molecular complexity index is 1020. The second kappa shape index (κ2) is 8.57. The number of halogens is 1. The third-order valence-corrected chi connectivity index (χ3v) is 5.18. The summed E-state index contributed by atoms with van der Waals surface area (Å²) < 4.78 is 25.3. The Kier molecular flexibility index (Phi) is 5.71. The number of carbonyl (C=O) groups excluding carboxylic acids is 1. The summed E-state index contributed by atoms with van der Waals surface area (Å²) >= 11 is 0. The zero-order chi connectivity index (χ0) is 20.2. The topological polar surface area (TPSA) is 60.5 Å². The summed E-state index contributed by atoms with van der Waals surface area (Å²) in [4.78, 5) is 15.9. The Morgan fingerprint density at radius 2 is 2.10 bits per heavy atom. The Morgan fingerprint density at radius 1 is 1.24 bits per heavy atom. The molecule has 5 nitrogen and oxygen atoms in total. The molecule has 0 aliphatic heterocycles. The number of ether oxygens (including phenoxy) is 2. The van der Waals surface area contributed by atoms with Crippen molar-refractivity contribution in [3.8, 4) is 5.75 Å². The number of esters is 1. The van der Waals surface area contributed by atoms with Crippen molar-refractivity contribution >= 4 is 16.7 Å². The molecular weight excluding hydrogens is 371 g/mol. The van der Waals surface area contributed by atoms with Gasteiger partial charge in [-0.05, 0) is 61.5 Å². The zero-order valence-electron chi connectivity index (χ0n) is 16.2. The van der Waals surface area contributed by atoms with Crippen LogP contribution in [0.25, 0.3) is 10.8 Å². The summed E-state index contributed by atoms with van der Waals surface area (Å²) in [5.74, 6) is 0.101. The number of fused-ring (bicyclic) bond motifs is 1. The average Bonchev–Trinajstić information content (AvgIpc) is 2.71. The van der Waals surface area contributed by atoms with E-state index in [0.29, 0.717) is 30.0 Å². The van der Waals surface area contributed by atoms with Crippen LogP contribution in [0.2, 0.25) is 0 Å². The normalized spacial score (nSPS) is 18.3. The SMILES string of the molecule is CCOC(=O)c1cccc(OC2CC(NCc3c(F)ccc4cnccc34)C2)c1. The van der Waals surface area contributed by atoms with Crippen LogP contribution in [0.5, 0.6) is 5.75 Å².